The molecule has 105 valence electrons. The van der Waals surface area contributed by atoms with Crippen LogP contribution in [0.5, 0.6) is 0 Å². The van der Waals surface area contributed by atoms with Gasteiger partial charge >= 0.3 is 6.09 Å². The van der Waals surface area contributed by atoms with Gasteiger partial charge in [-0.15, -0.1) is 0 Å². The Kier molecular flexibility index (Phi) is 4.69. The highest BCUT2D eigenvalue weighted by Gasteiger charge is 2.28. The molecule has 0 bridgehead atoms. The molecule has 6 heteroatoms. The van der Waals surface area contributed by atoms with Crippen molar-refractivity contribution in [2.45, 2.75) is 46.3 Å². The molecule has 0 spiro atoms. The number of alkyl carbamates (subject to hydrolysis) is 1. The third-order valence-electron chi connectivity index (χ3n) is 2.28. The molecule has 0 saturated carbocycles. The lowest BCUT2D eigenvalue weighted by atomic mass is 10.0. The number of hydrogen-bond donors (Lipinski definition) is 1. The second-order valence-electron chi connectivity index (χ2n) is 5.59. The zero-order chi connectivity index (χ0) is 14.6. The van der Waals surface area contributed by atoms with Crippen LogP contribution in [0.1, 0.15) is 39.4 Å². The van der Waals surface area contributed by atoms with E-state index in [1.807, 2.05) is 13.8 Å². The summed E-state index contributed by atoms with van der Waals surface area (Å²) in [5.41, 5.74) is -0.603. The first kappa shape index (κ1) is 15.2. The molecule has 0 aliphatic rings. The number of carbonyl (C=O) groups excluding carboxylic acids is 2. The van der Waals surface area contributed by atoms with Gasteiger partial charge in [-0.05, 0) is 26.7 Å². The quantitative estimate of drug-likeness (QED) is 0.906. The fourth-order valence-corrected chi connectivity index (χ4v) is 1.44. The Balaban J connectivity index is 2.74. The molecule has 1 N–H and O–H groups in total. The van der Waals surface area contributed by atoms with Crippen molar-refractivity contribution in [1.82, 2.24) is 15.1 Å². The highest BCUT2D eigenvalue weighted by molar-refractivity contribution is 5.87. The van der Waals surface area contributed by atoms with Gasteiger partial charge in [0, 0.05) is 12.3 Å². The predicted molar refractivity (Wildman–Crippen MR) is 69.7 cm³/mol. The van der Waals surface area contributed by atoms with Gasteiger partial charge < -0.3 is 10.1 Å². The molecule has 1 heterocycles. The molecule has 1 atom stereocenters. The van der Waals surface area contributed by atoms with Gasteiger partial charge in [-0.2, -0.15) is 5.10 Å². The minimum atomic E-state index is -0.692. The standard InChI is InChI=1S/C13H20N3O3/c1-9(2)10(11(17)16-8-6-7-14-16)15-12(18)19-13(3,4)5/h7-10H,1-5H3,(H,15,18)/t10-/m1/s1. The smallest absolute Gasteiger partial charge is 0.408 e. The van der Waals surface area contributed by atoms with Gasteiger partial charge in [-0.3, -0.25) is 4.79 Å². The fourth-order valence-electron chi connectivity index (χ4n) is 1.44. The molecule has 1 radical (unpaired) electrons. The molecule has 0 aliphatic heterocycles. The van der Waals surface area contributed by atoms with Crippen LogP contribution in [0, 0.1) is 12.0 Å². The summed E-state index contributed by atoms with van der Waals surface area (Å²) < 4.78 is 6.30. The van der Waals surface area contributed by atoms with E-state index in [0.29, 0.717) is 0 Å². The van der Waals surface area contributed by atoms with Crippen molar-refractivity contribution >= 4 is 12.0 Å². The molecule has 0 saturated heterocycles. The van der Waals surface area contributed by atoms with Gasteiger partial charge in [0.05, 0.1) is 6.20 Å². The van der Waals surface area contributed by atoms with Crippen molar-refractivity contribution in [3.8, 4) is 0 Å². The van der Waals surface area contributed by atoms with E-state index < -0.39 is 17.7 Å². The summed E-state index contributed by atoms with van der Waals surface area (Å²) in [7, 11) is 0. The number of amides is 1. The van der Waals surface area contributed by atoms with Gasteiger partial charge in [0.1, 0.15) is 11.6 Å². The molecular weight excluding hydrogens is 246 g/mol. The van der Waals surface area contributed by atoms with Gasteiger partial charge in [0.15, 0.2) is 0 Å². The normalized spacial score (nSPS) is 13.2. The zero-order valence-electron chi connectivity index (χ0n) is 11.9. The van der Waals surface area contributed by atoms with Crippen molar-refractivity contribution in [1.29, 1.82) is 0 Å². The van der Waals surface area contributed by atoms with Crippen LogP contribution in [0.4, 0.5) is 4.79 Å². The molecule has 0 aromatic carbocycles. The topological polar surface area (TPSA) is 73.2 Å². The van der Waals surface area contributed by atoms with Crippen molar-refractivity contribution in [2.24, 2.45) is 5.92 Å². The molecule has 1 aromatic heterocycles. The van der Waals surface area contributed by atoms with Crippen LogP contribution in [0.2, 0.25) is 0 Å². The van der Waals surface area contributed by atoms with E-state index >= 15 is 0 Å². The van der Waals surface area contributed by atoms with E-state index in [1.165, 1.54) is 12.4 Å². The second kappa shape index (κ2) is 5.86. The molecule has 6 nitrogen and oxygen atoms in total. The first-order valence-electron chi connectivity index (χ1n) is 6.15. The third-order valence-corrected chi connectivity index (χ3v) is 2.28. The van der Waals surface area contributed by atoms with Crippen molar-refractivity contribution in [3.63, 3.8) is 0 Å². The summed E-state index contributed by atoms with van der Waals surface area (Å²) in [5.74, 6) is -0.397. The van der Waals surface area contributed by atoms with Gasteiger partial charge in [0.25, 0.3) is 5.91 Å². The van der Waals surface area contributed by atoms with Crippen LogP contribution in [0.25, 0.3) is 0 Å². The minimum absolute atomic E-state index is 0.0794. The first-order chi connectivity index (χ1) is 8.70. The van der Waals surface area contributed by atoms with E-state index in [0.717, 1.165) is 4.68 Å². The van der Waals surface area contributed by atoms with E-state index in [-0.39, 0.29) is 11.8 Å². The van der Waals surface area contributed by atoms with Crippen LogP contribution in [0.15, 0.2) is 12.4 Å². The summed E-state index contributed by atoms with van der Waals surface area (Å²) in [5, 5.41) is 6.40. The van der Waals surface area contributed by atoms with Gasteiger partial charge in [-0.1, -0.05) is 13.8 Å². The minimum Gasteiger partial charge on any atom is -0.444 e. The summed E-state index contributed by atoms with van der Waals surface area (Å²) >= 11 is 0. The molecule has 1 amide bonds. The maximum Gasteiger partial charge on any atom is 0.408 e. The Morgan fingerprint density at radius 1 is 1.37 bits per heavy atom. The Morgan fingerprint density at radius 3 is 2.42 bits per heavy atom. The lowest BCUT2D eigenvalue weighted by molar-refractivity contribution is 0.0462. The number of carbonyl (C=O) groups is 2. The van der Waals surface area contributed by atoms with Crippen molar-refractivity contribution in [3.05, 3.63) is 18.5 Å². The van der Waals surface area contributed by atoms with Gasteiger partial charge in [0.2, 0.25) is 0 Å². The number of aromatic nitrogens is 2. The Bertz CT molecular complexity index is 432. The lowest BCUT2D eigenvalue weighted by Gasteiger charge is -2.24. The van der Waals surface area contributed by atoms with Crippen LogP contribution in [-0.4, -0.2) is 33.4 Å². The SMILES string of the molecule is CC(C)[C@@H](NC(=O)OC(C)(C)C)C(=O)n1c[c]cn1. The Hall–Kier alpha value is -1.85. The monoisotopic (exact) mass is 266 g/mol. The summed E-state index contributed by atoms with van der Waals surface area (Å²) in [6, 6.07) is 1.99. The number of nitrogens with one attached hydrogen (secondary N) is 1. The van der Waals surface area contributed by atoms with Crippen LogP contribution in [0.3, 0.4) is 0 Å². The van der Waals surface area contributed by atoms with Crippen molar-refractivity contribution < 1.29 is 14.3 Å². The van der Waals surface area contributed by atoms with Crippen LogP contribution < -0.4 is 5.32 Å². The number of ether oxygens (including phenoxy) is 1. The van der Waals surface area contributed by atoms with E-state index in [4.69, 9.17) is 4.74 Å². The summed E-state index contributed by atoms with van der Waals surface area (Å²) in [6.45, 7) is 8.98. The molecule has 0 aliphatic carbocycles. The van der Waals surface area contributed by atoms with Crippen LogP contribution >= 0.6 is 0 Å². The average Bonchev–Trinajstić information content (AvgIpc) is 2.75. The fraction of sp³-hybridized carbons (Fsp3) is 0.615. The summed E-state index contributed by atoms with van der Waals surface area (Å²) in [6.07, 6.45) is 2.20. The maximum atomic E-state index is 12.2. The van der Waals surface area contributed by atoms with Crippen LogP contribution in [-0.2, 0) is 4.74 Å². The largest absolute Gasteiger partial charge is 0.444 e. The predicted octanol–water partition coefficient (Wildman–Crippen LogP) is 1.87. The number of nitrogens with zero attached hydrogens (tertiary/aromatic N) is 2. The molecule has 19 heavy (non-hydrogen) atoms. The molecular formula is C13H20N3O3. The first-order valence-corrected chi connectivity index (χ1v) is 6.15. The summed E-state index contributed by atoms with van der Waals surface area (Å²) in [4.78, 5) is 23.9. The molecule has 0 unspecified atom stereocenters. The molecule has 1 aromatic rings. The third kappa shape index (κ3) is 4.73. The van der Waals surface area contributed by atoms with E-state index in [2.05, 4.69) is 16.5 Å². The average molecular weight is 266 g/mol. The molecule has 0 fully saturated rings. The maximum absolute atomic E-state index is 12.2. The van der Waals surface area contributed by atoms with E-state index in [1.54, 1.807) is 20.8 Å². The zero-order valence-corrected chi connectivity index (χ0v) is 11.9. The Morgan fingerprint density at radius 2 is 2.00 bits per heavy atom. The van der Waals surface area contributed by atoms with Crippen molar-refractivity contribution in [2.75, 3.05) is 0 Å². The Labute approximate surface area is 113 Å². The highest BCUT2D eigenvalue weighted by Crippen LogP contribution is 2.09. The number of hydrogen-bond acceptors (Lipinski definition) is 4. The highest BCUT2D eigenvalue weighted by atomic mass is 16.6. The van der Waals surface area contributed by atoms with E-state index in [9.17, 15) is 9.59 Å². The second-order valence-corrected chi connectivity index (χ2v) is 5.59. The van der Waals surface area contributed by atoms with Gasteiger partial charge in [-0.25, -0.2) is 9.48 Å². The number of rotatable bonds is 3. The lowest BCUT2D eigenvalue weighted by Crippen LogP contribution is -2.48. The molecule has 1 rings (SSSR count).